The highest BCUT2D eigenvalue weighted by Gasteiger charge is 2.12. The first-order chi connectivity index (χ1) is 7.63. The van der Waals surface area contributed by atoms with Crippen molar-refractivity contribution in [3.8, 4) is 0 Å². The summed E-state index contributed by atoms with van der Waals surface area (Å²) in [4.78, 5) is 15.7. The molecule has 0 saturated carbocycles. The maximum absolute atomic E-state index is 11.5. The van der Waals surface area contributed by atoms with E-state index in [1.54, 1.807) is 6.20 Å². The number of hydrogen-bond donors (Lipinski definition) is 0. The Hall–Kier alpha value is -1.42. The van der Waals surface area contributed by atoms with Crippen LogP contribution in [0.5, 0.6) is 0 Å². The second kappa shape index (κ2) is 4.22. The molecule has 1 aromatic heterocycles. The summed E-state index contributed by atoms with van der Waals surface area (Å²) in [6.45, 7) is 1.89. The largest absolute Gasteiger partial charge is 0.465 e. The van der Waals surface area contributed by atoms with Gasteiger partial charge in [0.15, 0.2) is 0 Å². The van der Waals surface area contributed by atoms with Gasteiger partial charge in [-0.3, -0.25) is 4.98 Å². The lowest BCUT2D eigenvalue weighted by molar-refractivity contribution is 0.0599. The molecule has 4 heteroatoms. The van der Waals surface area contributed by atoms with Gasteiger partial charge in [0.25, 0.3) is 0 Å². The minimum atomic E-state index is -0.355. The second-order valence-electron chi connectivity index (χ2n) is 3.45. The highest BCUT2D eigenvalue weighted by atomic mass is 79.9. The number of fused-ring (bicyclic) bond motifs is 1. The molecule has 1 heterocycles. The van der Waals surface area contributed by atoms with Gasteiger partial charge in [0.2, 0.25) is 0 Å². The predicted octanol–water partition coefficient (Wildman–Crippen LogP) is 3.09. The molecule has 3 nitrogen and oxygen atoms in total. The molecular formula is C12H10BrNO2. The third-order valence-electron chi connectivity index (χ3n) is 2.50. The van der Waals surface area contributed by atoms with E-state index < -0.39 is 0 Å². The van der Waals surface area contributed by atoms with E-state index >= 15 is 0 Å². The topological polar surface area (TPSA) is 39.2 Å². The van der Waals surface area contributed by atoms with Gasteiger partial charge >= 0.3 is 5.97 Å². The number of rotatable bonds is 1. The molecule has 0 spiro atoms. The van der Waals surface area contributed by atoms with E-state index in [-0.39, 0.29) is 5.97 Å². The second-order valence-corrected chi connectivity index (χ2v) is 4.37. The predicted molar refractivity (Wildman–Crippen MR) is 65.5 cm³/mol. The molecule has 0 aliphatic heterocycles. The van der Waals surface area contributed by atoms with Crippen molar-refractivity contribution < 1.29 is 9.53 Å². The number of nitrogens with zero attached hydrogens (tertiary/aromatic N) is 1. The molecule has 2 rings (SSSR count). The summed E-state index contributed by atoms with van der Waals surface area (Å²) in [6, 6.07) is 5.78. The lowest BCUT2D eigenvalue weighted by Crippen LogP contribution is -2.05. The van der Waals surface area contributed by atoms with Crippen LogP contribution in [-0.4, -0.2) is 18.1 Å². The van der Waals surface area contributed by atoms with Crippen molar-refractivity contribution in [2.45, 2.75) is 6.92 Å². The highest BCUT2D eigenvalue weighted by Crippen LogP contribution is 2.23. The number of aryl methyl sites for hydroxylation is 1. The fraction of sp³-hybridized carbons (Fsp3) is 0.167. The average Bonchev–Trinajstić information content (AvgIpc) is 2.29. The number of aromatic nitrogens is 1. The number of halogens is 1. The maximum Gasteiger partial charge on any atom is 0.339 e. The highest BCUT2D eigenvalue weighted by molar-refractivity contribution is 9.10. The Morgan fingerprint density at radius 3 is 2.88 bits per heavy atom. The van der Waals surface area contributed by atoms with Crippen molar-refractivity contribution in [2.75, 3.05) is 7.11 Å². The van der Waals surface area contributed by atoms with Crippen LogP contribution in [-0.2, 0) is 4.74 Å². The molecule has 82 valence electrons. The summed E-state index contributed by atoms with van der Waals surface area (Å²) >= 11 is 3.40. The van der Waals surface area contributed by atoms with Gasteiger partial charge in [0, 0.05) is 16.1 Å². The average molecular weight is 280 g/mol. The van der Waals surface area contributed by atoms with E-state index in [9.17, 15) is 4.79 Å². The molecule has 0 aliphatic carbocycles. The number of methoxy groups -OCH3 is 1. The molecule has 1 aromatic carbocycles. The van der Waals surface area contributed by atoms with E-state index in [1.807, 2.05) is 25.1 Å². The standard InChI is InChI=1S/C12H10BrNO2/c1-7-9-5-8(13)3-4-11(9)14-6-10(7)12(15)16-2/h3-6H,1-2H3. The fourth-order valence-corrected chi connectivity index (χ4v) is 1.97. The molecule has 0 bridgehead atoms. The van der Waals surface area contributed by atoms with Crippen molar-refractivity contribution in [3.63, 3.8) is 0 Å². The van der Waals surface area contributed by atoms with Crippen molar-refractivity contribution in [1.29, 1.82) is 0 Å². The van der Waals surface area contributed by atoms with Crippen LogP contribution in [0.15, 0.2) is 28.9 Å². The third kappa shape index (κ3) is 1.80. The fourth-order valence-electron chi connectivity index (χ4n) is 1.61. The normalized spacial score (nSPS) is 10.4. The van der Waals surface area contributed by atoms with Gasteiger partial charge in [-0.2, -0.15) is 0 Å². The van der Waals surface area contributed by atoms with Gasteiger partial charge in [-0.15, -0.1) is 0 Å². The Kier molecular flexibility index (Phi) is 2.92. The van der Waals surface area contributed by atoms with Crippen LogP contribution >= 0.6 is 15.9 Å². The first kappa shape index (κ1) is 11.1. The quantitative estimate of drug-likeness (QED) is 0.753. The molecule has 0 fully saturated rings. The molecule has 0 radical (unpaired) electrons. The number of carbonyl (C=O) groups excluding carboxylic acids is 1. The van der Waals surface area contributed by atoms with Crippen LogP contribution in [0.1, 0.15) is 15.9 Å². The Morgan fingerprint density at radius 1 is 1.44 bits per heavy atom. The lowest BCUT2D eigenvalue weighted by atomic mass is 10.1. The number of pyridine rings is 1. The van der Waals surface area contributed by atoms with E-state index in [4.69, 9.17) is 4.74 Å². The van der Waals surface area contributed by atoms with Crippen LogP contribution < -0.4 is 0 Å². The smallest absolute Gasteiger partial charge is 0.339 e. The monoisotopic (exact) mass is 279 g/mol. The zero-order chi connectivity index (χ0) is 11.7. The molecule has 16 heavy (non-hydrogen) atoms. The van der Waals surface area contributed by atoms with Crippen molar-refractivity contribution in [1.82, 2.24) is 4.98 Å². The van der Waals surface area contributed by atoms with E-state index in [1.165, 1.54) is 7.11 Å². The van der Waals surface area contributed by atoms with Gasteiger partial charge in [-0.25, -0.2) is 4.79 Å². The number of ether oxygens (including phenoxy) is 1. The number of carbonyl (C=O) groups is 1. The molecular weight excluding hydrogens is 270 g/mol. The Balaban J connectivity index is 2.72. The van der Waals surface area contributed by atoms with Gasteiger partial charge in [-0.05, 0) is 30.7 Å². The van der Waals surface area contributed by atoms with Crippen LogP contribution in [0.25, 0.3) is 10.9 Å². The van der Waals surface area contributed by atoms with Crippen molar-refractivity contribution in [3.05, 3.63) is 40.0 Å². The Bertz CT molecular complexity index is 566. The molecule has 0 atom stereocenters. The van der Waals surface area contributed by atoms with Gasteiger partial charge in [0.05, 0.1) is 18.2 Å². The third-order valence-corrected chi connectivity index (χ3v) is 3.00. The van der Waals surface area contributed by atoms with Gasteiger partial charge in [-0.1, -0.05) is 15.9 Å². The van der Waals surface area contributed by atoms with Crippen LogP contribution in [0, 0.1) is 6.92 Å². The number of benzene rings is 1. The van der Waals surface area contributed by atoms with E-state index in [0.717, 1.165) is 20.9 Å². The molecule has 0 unspecified atom stereocenters. The van der Waals surface area contributed by atoms with Crippen molar-refractivity contribution >= 4 is 32.8 Å². The van der Waals surface area contributed by atoms with Gasteiger partial charge < -0.3 is 4.74 Å². The van der Waals surface area contributed by atoms with Crippen LogP contribution in [0.3, 0.4) is 0 Å². The molecule has 0 amide bonds. The molecule has 2 aromatic rings. The Labute approximate surface area is 102 Å². The SMILES string of the molecule is COC(=O)c1cnc2ccc(Br)cc2c1C. The molecule has 0 aliphatic rings. The minimum absolute atomic E-state index is 0.355. The number of hydrogen-bond acceptors (Lipinski definition) is 3. The number of esters is 1. The summed E-state index contributed by atoms with van der Waals surface area (Å²) in [5.74, 6) is -0.355. The van der Waals surface area contributed by atoms with E-state index in [2.05, 4.69) is 20.9 Å². The van der Waals surface area contributed by atoms with Gasteiger partial charge in [0.1, 0.15) is 0 Å². The summed E-state index contributed by atoms with van der Waals surface area (Å²) < 4.78 is 5.67. The molecule has 0 saturated heterocycles. The summed E-state index contributed by atoms with van der Waals surface area (Å²) in [5.41, 5.74) is 2.26. The summed E-state index contributed by atoms with van der Waals surface area (Å²) in [7, 11) is 1.37. The minimum Gasteiger partial charge on any atom is -0.465 e. The lowest BCUT2D eigenvalue weighted by Gasteiger charge is -2.07. The zero-order valence-electron chi connectivity index (χ0n) is 8.95. The van der Waals surface area contributed by atoms with Crippen LogP contribution in [0.4, 0.5) is 0 Å². The first-order valence-corrected chi connectivity index (χ1v) is 5.56. The Morgan fingerprint density at radius 2 is 2.19 bits per heavy atom. The van der Waals surface area contributed by atoms with Crippen LogP contribution in [0.2, 0.25) is 0 Å². The summed E-state index contributed by atoms with van der Waals surface area (Å²) in [5, 5.41) is 0.956. The zero-order valence-corrected chi connectivity index (χ0v) is 10.5. The summed E-state index contributed by atoms with van der Waals surface area (Å²) in [6.07, 6.45) is 1.55. The van der Waals surface area contributed by atoms with Crippen molar-refractivity contribution in [2.24, 2.45) is 0 Å². The van der Waals surface area contributed by atoms with E-state index in [0.29, 0.717) is 5.56 Å². The maximum atomic E-state index is 11.5. The first-order valence-electron chi connectivity index (χ1n) is 4.76. The molecule has 0 N–H and O–H groups in total.